The molecule has 0 saturated heterocycles. The second-order valence-corrected chi connectivity index (χ2v) is 27.6. The normalized spacial score (nSPS) is 8.70. The number of para-hydroxylation sites is 5. The van der Waals surface area contributed by atoms with Gasteiger partial charge in [-0.2, -0.15) is 42.0 Å². The number of nitrogens with zero attached hydrogens (tertiary/aromatic N) is 22. The number of benzene rings is 4. The van der Waals surface area contributed by atoms with Gasteiger partial charge in [-0.05, 0) is 195 Å². The Morgan fingerprint density at radius 3 is 1.19 bits per heavy atom. The molecule has 26 rings (SSSR count). The zero-order chi connectivity index (χ0) is 91.3. The third-order valence-corrected chi connectivity index (χ3v) is 17.9. The second kappa shape index (κ2) is 81.0. The Hall–Kier alpha value is -17.1. The summed E-state index contributed by atoms with van der Waals surface area (Å²) in [7, 11) is 0. The number of thiophene rings is 4. The number of thiazole rings is 1. The van der Waals surface area contributed by atoms with Crippen LogP contribution in [-0.2, 0) is 0 Å². The Balaban J connectivity index is 0.000000246. The number of rotatable bonds is 0. The van der Waals surface area contributed by atoms with E-state index in [1.807, 2.05) is 180 Å². The molecule has 4 aromatic carbocycles. The van der Waals surface area contributed by atoms with Crippen molar-refractivity contribution in [2.45, 2.75) is 7.43 Å². The van der Waals surface area contributed by atoms with Crippen molar-refractivity contribution in [1.29, 1.82) is 0 Å². The lowest BCUT2D eigenvalue weighted by Crippen LogP contribution is -1.78. The molecular weight excluding hydrogens is 1770 g/mol. The van der Waals surface area contributed by atoms with Crippen molar-refractivity contribution in [1.82, 2.24) is 140 Å². The molecule has 0 aliphatic carbocycles. The maximum Gasteiger partial charge on any atom is 0.180 e. The average Bonchev–Trinajstić information content (AvgIpc) is 1.87. The molecule has 22 aromatic heterocycles. The summed E-state index contributed by atoms with van der Waals surface area (Å²) in [6.07, 6.45) is 64.8. The summed E-state index contributed by atoms with van der Waals surface area (Å²) in [6, 6.07) is 72.6. The summed E-state index contributed by atoms with van der Waals surface area (Å²) < 4.78 is 21.3. The average molecular weight is 1870 g/mol. The predicted molar refractivity (Wildman–Crippen MR) is 531 cm³/mol. The number of imidazole rings is 2. The minimum Gasteiger partial charge on any atom is -0.473 e. The third kappa shape index (κ3) is 59.7. The fraction of sp³-hybridized carbons (Fsp3) is 0.0105. The first kappa shape index (κ1) is 105. The molecule has 31 nitrogen and oxygen atoms in total. The van der Waals surface area contributed by atoms with E-state index >= 15 is 0 Å². The van der Waals surface area contributed by atoms with Crippen molar-refractivity contribution in [3.8, 4) is 0 Å². The van der Waals surface area contributed by atoms with Crippen LogP contribution >= 0.6 is 68.2 Å². The van der Waals surface area contributed by atoms with E-state index < -0.39 is 0 Å². The lowest BCUT2D eigenvalue weighted by Gasteiger charge is -1.90. The molecule has 0 atom stereocenters. The number of nitrogens with one attached hydrogen (secondary N) is 6. The van der Waals surface area contributed by atoms with Crippen LogP contribution in [0.3, 0.4) is 0 Å². The zero-order valence-electron chi connectivity index (χ0n) is 70.0. The van der Waals surface area contributed by atoms with E-state index in [4.69, 9.17) is 0 Å². The molecule has 132 heavy (non-hydrogen) atoms. The molecule has 0 spiro atoms. The van der Waals surface area contributed by atoms with Crippen LogP contribution < -0.4 is 0 Å². The van der Waals surface area contributed by atoms with E-state index in [1.54, 1.807) is 273 Å². The molecule has 0 radical (unpaired) electrons. The molecule has 0 fully saturated rings. The number of fused-ring (bicyclic) bond motifs is 5. The van der Waals surface area contributed by atoms with Crippen LogP contribution in [0.1, 0.15) is 7.43 Å². The van der Waals surface area contributed by atoms with Gasteiger partial charge in [0.05, 0.1) is 77.5 Å². The van der Waals surface area contributed by atoms with Crippen molar-refractivity contribution in [2.24, 2.45) is 0 Å². The number of oxazole rings is 1. The van der Waals surface area contributed by atoms with Gasteiger partial charge in [0, 0.05) is 185 Å². The highest BCUT2D eigenvalue weighted by Gasteiger charge is 1.93. The molecule has 26 aromatic rings. The Labute approximate surface area is 786 Å². The highest BCUT2D eigenvalue weighted by Crippen LogP contribution is 2.25. The van der Waals surface area contributed by atoms with Crippen LogP contribution in [0.25, 0.3) is 52.5 Å². The molecule has 6 N–H and O–H groups in total. The molecule has 22 heterocycles. The summed E-state index contributed by atoms with van der Waals surface area (Å²) in [6.45, 7) is 0. The third-order valence-electron chi connectivity index (χ3n) is 13.4. The standard InChI is InChI=1S/C8H6N2.C8H7N.C8H6S.C7H6N2.C6H4S2.C5H5N.5C4H4N2.C4H5N.C4H4O.C4H4S.2C3H4N2.2C3H3NO.2C3H3NS.C2H3N3.CH4/c1-2-4-8-7(3-1)9-5-6-10-8;2*1-2-4-8-7(3-1)5-6-9-8;1-2-4-7-6(3-1)8-5-9-7;1-3-7-6-2-4-8-5(1)6;1-2-4-6-5-3-1;1-2-6-4-3-5-1;3*1-2-5-4-6-3-1;1-2-4-6-5-3-1;3*1-2-4-5-3-1;1-2-5-3-4-1;1-2-4-5-3-1;1-2-5-3-4-1;1-2-4-5-3-1;1-2-5-3-4-1;2*1-2-4-5-3-1;/h1-6H;1-6,9H;1-6H;1-5H,(H,8,9);1-4H;1-5H;5*1-4H;1-5H;2*1-4H;2*1-3H,(H,4,5);4*1-3H;1-2H,(H,3,4,5);1H4. The summed E-state index contributed by atoms with van der Waals surface area (Å²) >= 11 is 10.2. The number of furan rings is 1. The molecule has 0 amide bonds. The van der Waals surface area contributed by atoms with Crippen molar-refractivity contribution >= 4 is 121 Å². The number of aromatic nitrogens is 28. The van der Waals surface area contributed by atoms with Gasteiger partial charge in [-0.15, -0.1) is 45.3 Å². The van der Waals surface area contributed by atoms with Crippen LogP contribution in [0.2, 0.25) is 0 Å². The van der Waals surface area contributed by atoms with Gasteiger partial charge in [-0.3, -0.25) is 35.0 Å². The predicted octanol–water partition coefficient (Wildman–Crippen LogP) is 23.6. The van der Waals surface area contributed by atoms with E-state index in [2.05, 4.69) is 230 Å². The zero-order valence-corrected chi connectivity index (χ0v) is 74.9. The van der Waals surface area contributed by atoms with E-state index in [9.17, 15) is 0 Å². The van der Waals surface area contributed by atoms with Crippen LogP contribution in [0.15, 0.2) is 524 Å². The Morgan fingerprint density at radius 1 is 0.273 bits per heavy atom. The van der Waals surface area contributed by atoms with E-state index in [1.165, 1.54) is 79.8 Å². The van der Waals surface area contributed by atoms with Crippen molar-refractivity contribution in [3.63, 3.8) is 0 Å². The SMILES string of the molecule is C.c1c[nH]cn1.c1cc2sccc2s1.c1cc[nH]c1.c1ccc2[nH]ccc2c1.c1ccc2[nH]cnc2c1.c1ccc2nccnc2c1.c1ccc2sccc2c1.c1ccncc1.c1ccnnc1.c1ccoc1.c1ccsc1.c1cn[nH]c1.c1cn[nH]n1.c1cnccn1.c1cncnc1.c1cncnc1.c1cncnc1.c1cnoc1.c1cnsc1.c1cocn1.c1cscn1. The van der Waals surface area contributed by atoms with Crippen molar-refractivity contribution < 1.29 is 13.4 Å². The van der Waals surface area contributed by atoms with Gasteiger partial charge in [0.1, 0.15) is 31.5 Å². The summed E-state index contributed by atoms with van der Waals surface area (Å²) in [4.78, 5) is 68.3. The topological polar surface area (TPSA) is 418 Å². The summed E-state index contributed by atoms with van der Waals surface area (Å²) in [5.74, 6) is 0. The van der Waals surface area contributed by atoms with Gasteiger partial charge >= 0.3 is 0 Å². The van der Waals surface area contributed by atoms with E-state index in [0.717, 1.165) is 22.1 Å². The molecule has 0 aliphatic heterocycles. The minimum absolute atomic E-state index is 0. The molecule has 0 bridgehead atoms. The van der Waals surface area contributed by atoms with Crippen molar-refractivity contribution in [2.75, 3.05) is 0 Å². The fourth-order valence-corrected chi connectivity index (χ4v) is 11.8. The van der Waals surface area contributed by atoms with Crippen LogP contribution in [-0.4, -0.2) is 140 Å². The molecule has 0 saturated carbocycles. The molecular formula is C95H94N28O3S6. The largest absolute Gasteiger partial charge is 0.473 e. The number of H-pyrrole nitrogens is 6. The molecule has 0 aliphatic rings. The maximum atomic E-state index is 4.58. The van der Waals surface area contributed by atoms with Gasteiger partial charge < -0.3 is 33.3 Å². The number of pyridine rings is 1. The molecule has 668 valence electrons. The highest BCUT2D eigenvalue weighted by molar-refractivity contribution is 7.25. The highest BCUT2D eigenvalue weighted by atomic mass is 32.1. The lowest BCUT2D eigenvalue weighted by atomic mass is 10.3. The minimum atomic E-state index is 0. The Morgan fingerprint density at radius 2 is 0.856 bits per heavy atom. The van der Waals surface area contributed by atoms with Crippen LogP contribution in [0, 0.1) is 0 Å². The first-order chi connectivity index (χ1) is 65.3. The summed E-state index contributed by atoms with van der Waals surface area (Å²) in [5.41, 5.74) is 7.02. The van der Waals surface area contributed by atoms with Gasteiger partial charge in [-0.25, -0.2) is 49.2 Å². The lowest BCUT2D eigenvalue weighted by molar-refractivity contribution is 0.420. The first-order valence-electron chi connectivity index (χ1n) is 38.6. The molecule has 37 heteroatoms. The van der Waals surface area contributed by atoms with Gasteiger partial charge in [0.25, 0.3) is 0 Å². The Kier molecular flexibility index (Phi) is 64.7. The number of aromatic amines is 6. The fourth-order valence-electron chi connectivity index (χ4n) is 8.00. The van der Waals surface area contributed by atoms with Gasteiger partial charge in [0.15, 0.2) is 6.39 Å². The van der Waals surface area contributed by atoms with Gasteiger partial charge in [-0.1, -0.05) is 91.4 Å². The van der Waals surface area contributed by atoms with Gasteiger partial charge in [0.2, 0.25) is 0 Å². The van der Waals surface area contributed by atoms with E-state index in [0.29, 0.717) is 0 Å². The quantitative estimate of drug-likeness (QED) is 0.0821. The van der Waals surface area contributed by atoms with Crippen LogP contribution in [0.5, 0.6) is 0 Å². The monoisotopic (exact) mass is 1870 g/mol. The second-order valence-electron chi connectivity index (χ2n) is 22.5. The van der Waals surface area contributed by atoms with Crippen LogP contribution in [0.4, 0.5) is 0 Å². The van der Waals surface area contributed by atoms with Crippen molar-refractivity contribution in [3.05, 3.63) is 510 Å². The van der Waals surface area contributed by atoms with E-state index in [-0.39, 0.29) is 7.43 Å². The number of hydrogen-bond acceptors (Lipinski definition) is 31. The summed E-state index contributed by atoms with van der Waals surface area (Å²) in [5, 5.41) is 42.9. The number of hydrogen-bond donors (Lipinski definition) is 6. The smallest absolute Gasteiger partial charge is 0.180 e. The maximum absolute atomic E-state index is 4.58. The Bertz CT molecular complexity index is 4960. The first-order valence-corrected chi connectivity index (χ1v) is 44.0. The molecule has 0 unspecified atom stereocenters.